The highest BCUT2D eigenvalue weighted by Crippen LogP contribution is 2.19. The minimum Gasteiger partial charge on any atom is -0.355 e. The van der Waals surface area contributed by atoms with E-state index in [9.17, 15) is 9.18 Å². The van der Waals surface area contributed by atoms with Crippen LogP contribution < -0.4 is 5.32 Å². The summed E-state index contributed by atoms with van der Waals surface area (Å²) in [6, 6.07) is 6.19. The molecule has 19 heavy (non-hydrogen) atoms. The number of allylic oxidation sites excluding steroid dienone is 1. The zero-order valence-corrected chi connectivity index (χ0v) is 11.1. The molecule has 0 atom stereocenters. The van der Waals surface area contributed by atoms with Gasteiger partial charge in [-0.1, -0.05) is 23.8 Å². The van der Waals surface area contributed by atoms with E-state index in [1.165, 1.54) is 43.4 Å². The van der Waals surface area contributed by atoms with Gasteiger partial charge in [-0.3, -0.25) is 4.79 Å². The molecule has 102 valence electrons. The average molecular weight is 261 g/mol. The van der Waals surface area contributed by atoms with E-state index in [0.29, 0.717) is 6.54 Å². The second-order valence-electron chi connectivity index (χ2n) is 5.01. The molecular weight excluding hydrogens is 241 g/mol. The van der Waals surface area contributed by atoms with Gasteiger partial charge in [0.15, 0.2) is 0 Å². The molecule has 0 saturated heterocycles. The summed E-state index contributed by atoms with van der Waals surface area (Å²) >= 11 is 0. The van der Waals surface area contributed by atoms with Gasteiger partial charge in [-0.15, -0.1) is 0 Å². The van der Waals surface area contributed by atoms with Gasteiger partial charge in [0, 0.05) is 6.54 Å². The van der Waals surface area contributed by atoms with Crippen LogP contribution in [0.5, 0.6) is 0 Å². The van der Waals surface area contributed by atoms with Gasteiger partial charge in [0.2, 0.25) is 5.91 Å². The first-order valence-electron chi connectivity index (χ1n) is 6.93. The maximum Gasteiger partial charge on any atom is 0.224 e. The molecular formula is C16H20FNO. The minimum atomic E-state index is -0.294. The Labute approximate surface area is 113 Å². The summed E-state index contributed by atoms with van der Waals surface area (Å²) in [4.78, 5) is 11.7. The topological polar surface area (TPSA) is 29.1 Å². The second-order valence-corrected chi connectivity index (χ2v) is 5.01. The predicted octanol–water partition coefficient (Wildman–Crippen LogP) is 3.37. The van der Waals surface area contributed by atoms with E-state index in [0.717, 1.165) is 12.0 Å². The van der Waals surface area contributed by atoms with Crippen LogP contribution in [-0.2, 0) is 11.2 Å². The fourth-order valence-electron chi connectivity index (χ4n) is 2.39. The summed E-state index contributed by atoms with van der Waals surface area (Å²) in [5.74, 6) is -0.334. The Kier molecular flexibility index (Phi) is 5.13. The summed E-state index contributed by atoms with van der Waals surface area (Å²) in [6.07, 6.45) is 8.37. The number of carbonyl (C=O) groups is 1. The number of rotatable bonds is 5. The van der Waals surface area contributed by atoms with E-state index in [1.807, 2.05) is 0 Å². The lowest BCUT2D eigenvalue weighted by atomic mass is 9.97. The van der Waals surface area contributed by atoms with E-state index >= 15 is 0 Å². The molecule has 0 unspecified atom stereocenters. The lowest BCUT2D eigenvalue weighted by Crippen LogP contribution is -2.26. The van der Waals surface area contributed by atoms with Crippen molar-refractivity contribution < 1.29 is 9.18 Å². The first-order chi connectivity index (χ1) is 9.24. The van der Waals surface area contributed by atoms with Crippen molar-refractivity contribution in [1.82, 2.24) is 5.32 Å². The molecule has 0 radical (unpaired) electrons. The van der Waals surface area contributed by atoms with Crippen molar-refractivity contribution in [2.75, 3.05) is 6.54 Å². The van der Waals surface area contributed by atoms with Crippen molar-refractivity contribution >= 4 is 5.91 Å². The second kappa shape index (κ2) is 7.07. The third kappa shape index (κ3) is 4.86. The Balaban J connectivity index is 1.71. The molecule has 2 nitrogen and oxygen atoms in total. The molecule has 0 saturated carbocycles. The Morgan fingerprint density at radius 1 is 1.32 bits per heavy atom. The molecule has 1 aromatic rings. The largest absolute Gasteiger partial charge is 0.355 e. The minimum absolute atomic E-state index is 0.0398. The summed E-state index contributed by atoms with van der Waals surface area (Å²) in [6.45, 7) is 0.681. The highest BCUT2D eigenvalue weighted by Gasteiger charge is 2.06. The highest BCUT2D eigenvalue weighted by atomic mass is 19.1. The van der Waals surface area contributed by atoms with E-state index in [-0.39, 0.29) is 18.1 Å². The zero-order valence-electron chi connectivity index (χ0n) is 11.1. The van der Waals surface area contributed by atoms with Crippen LogP contribution in [0.4, 0.5) is 4.39 Å². The smallest absolute Gasteiger partial charge is 0.224 e. The summed E-state index contributed by atoms with van der Waals surface area (Å²) < 4.78 is 13.0. The first kappa shape index (κ1) is 13.8. The Morgan fingerprint density at radius 3 is 2.95 bits per heavy atom. The number of benzene rings is 1. The summed E-state index contributed by atoms with van der Waals surface area (Å²) in [7, 11) is 0. The molecule has 2 rings (SSSR count). The quantitative estimate of drug-likeness (QED) is 0.809. The molecule has 0 heterocycles. The maximum atomic E-state index is 13.0. The van der Waals surface area contributed by atoms with E-state index in [2.05, 4.69) is 11.4 Å². The Morgan fingerprint density at radius 2 is 2.21 bits per heavy atom. The zero-order chi connectivity index (χ0) is 13.5. The van der Waals surface area contributed by atoms with Gasteiger partial charge < -0.3 is 5.32 Å². The van der Waals surface area contributed by atoms with Gasteiger partial charge in [0.1, 0.15) is 5.82 Å². The van der Waals surface area contributed by atoms with Crippen molar-refractivity contribution in [3.63, 3.8) is 0 Å². The molecule has 1 N–H and O–H groups in total. The Bertz CT molecular complexity index is 468. The van der Waals surface area contributed by atoms with E-state index in [1.54, 1.807) is 12.1 Å². The number of nitrogens with one attached hydrogen (secondary N) is 1. The molecule has 3 heteroatoms. The van der Waals surface area contributed by atoms with Crippen LogP contribution in [0.3, 0.4) is 0 Å². The average Bonchev–Trinajstić information content (AvgIpc) is 2.40. The monoisotopic (exact) mass is 261 g/mol. The van der Waals surface area contributed by atoms with Crippen LogP contribution in [0.1, 0.15) is 37.7 Å². The third-order valence-electron chi connectivity index (χ3n) is 3.41. The molecule has 0 bridgehead atoms. The summed E-state index contributed by atoms with van der Waals surface area (Å²) in [5, 5.41) is 2.90. The van der Waals surface area contributed by atoms with Gasteiger partial charge >= 0.3 is 0 Å². The van der Waals surface area contributed by atoms with Crippen molar-refractivity contribution in [1.29, 1.82) is 0 Å². The first-order valence-corrected chi connectivity index (χ1v) is 6.93. The SMILES string of the molecule is O=C(Cc1cccc(F)c1)NCCC1=CCCCC1. The highest BCUT2D eigenvalue weighted by molar-refractivity contribution is 5.78. The molecule has 1 aliphatic carbocycles. The van der Waals surface area contributed by atoms with Crippen molar-refractivity contribution in [3.05, 3.63) is 47.3 Å². The van der Waals surface area contributed by atoms with Gasteiger partial charge in [-0.25, -0.2) is 4.39 Å². The van der Waals surface area contributed by atoms with E-state index in [4.69, 9.17) is 0 Å². The van der Waals surface area contributed by atoms with Gasteiger partial charge in [-0.2, -0.15) is 0 Å². The molecule has 0 fully saturated rings. The molecule has 0 spiro atoms. The fraction of sp³-hybridized carbons (Fsp3) is 0.438. The van der Waals surface area contributed by atoms with Gasteiger partial charge in [0.05, 0.1) is 6.42 Å². The van der Waals surface area contributed by atoms with Crippen LogP contribution in [0.2, 0.25) is 0 Å². The number of hydrogen-bond acceptors (Lipinski definition) is 1. The lowest BCUT2D eigenvalue weighted by molar-refractivity contribution is -0.120. The lowest BCUT2D eigenvalue weighted by Gasteiger charge is -2.12. The van der Waals surface area contributed by atoms with Gasteiger partial charge in [0.25, 0.3) is 0 Å². The molecule has 1 aromatic carbocycles. The van der Waals surface area contributed by atoms with Crippen molar-refractivity contribution in [2.45, 2.75) is 38.5 Å². The number of halogens is 1. The van der Waals surface area contributed by atoms with E-state index < -0.39 is 0 Å². The maximum absolute atomic E-state index is 13.0. The standard InChI is InChI=1S/C16H20FNO/c17-15-8-4-7-14(11-15)12-16(19)18-10-9-13-5-2-1-3-6-13/h4-5,7-8,11H,1-3,6,9-10,12H2,(H,18,19). The van der Waals surface area contributed by atoms with Crippen molar-refractivity contribution in [2.24, 2.45) is 0 Å². The molecule has 0 aliphatic heterocycles. The van der Waals surface area contributed by atoms with Crippen molar-refractivity contribution in [3.8, 4) is 0 Å². The number of carbonyl (C=O) groups excluding carboxylic acids is 1. The van der Waals surface area contributed by atoms with Crippen LogP contribution in [0.25, 0.3) is 0 Å². The van der Waals surface area contributed by atoms with Gasteiger partial charge in [-0.05, 0) is 49.8 Å². The number of hydrogen-bond donors (Lipinski definition) is 1. The predicted molar refractivity (Wildman–Crippen MR) is 74.3 cm³/mol. The fourth-order valence-corrected chi connectivity index (χ4v) is 2.39. The number of amides is 1. The molecule has 1 aliphatic rings. The molecule has 1 amide bonds. The normalized spacial score (nSPS) is 14.9. The molecule has 0 aromatic heterocycles. The third-order valence-corrected chi connectivity index (χ3v) is 3.41. The summed E-state index contributed by atoms with van der Waals surface area (Å²) in [5.41, 5.74) is 2.17. The van der Waals surface area contributed by atoms with Crippen LogP contribution in [0, 0.1) is 5.82 Å². The Hall–Kier alpha value is -1.64. The van der Waals surface area contributed by atoms with Crippen LogP contribution in [0.15, 0.2) is 35.9 Å². The van der Waals surface area contributed by atoms with Crippen LogP contribution >= 0.6 is 0 Å². The van der Waals surface area contributed by atoms with Crippen LogP contribution in [-0.4, -0.2) is 12.5 Å².